The Hall–Kier alpha value is -1.89. The number of rotatable bonds is 1. The van der Waals surface area contributed by atoms with Gasteiger partial charge in [0.1, 0.15) is 5.82 Å². The lowest BCUT2D eigenvalue weighted by Gasteiger charge is -2.24. The number of nitrogens with two attached hydrogens (primary N) is 2. The van der Waals surface area contributed by atoms with Crippen LogP contribution in [0.2, 0.25) is 0 Å². The Morgan fingerprint density at radius 2 is 1.83 bits per heavy atom. The van der Waals surface area contributed by atoms with E-state index in [1.54, 1.807) is 0 Å². The maximum atomic E-state index is 11.7. The lowest BCUT2D eigenvalue weighted by atomic mass is 9.86. The smallest absolute Gasteiger partial charge is 0.278 e. The Morgan fingerprint density at radius 3 is 2.56 bits per heavy atom. The Kier molecular flexibility index (Phi) is 2.55. The average molecular weight is 248 g/mol. The normalized spacial score (nSPS) is 24.5. The topological polar surface area (TPSA) is 126 Å². The van der Waals surface area contributed by atoms with Crippen LogP contribution in [0.25, 0.3) is 11.2 Å². The predicted molar refractivity (Wildman–Crippen MR) is 68.1 cm³/mol. The molecule has 0 unspecified atom stereocenters. The summed E-state index contributed by atoms with van der Waals surface area (Å²) in [6.07, 6.45) is 3.98. The predicted octanol–water partition coefficient (Wildman–Crippen LogP) is 0.213. The van der Waals surface area contributed by atoms with Gasteiger partial charge in [-0.15, -0.1) is 0 Å². The highest BCUT2D eigenvalue weighted by molar-refractivity contribution is 5.70. The highest BCUT2D eigenvalue weighted by atomic mass is 16.1. The molecule has 7 heteroatoms. The van der Waals surface area contributed by atoms with Crippen molar-refractivity contribution in [2.45, 2.75) is 37.6 Å². The lowest BCUT2D eigenvalue weighted by Crippen LogP contribution is -2.26. The van der Waals surface area contributed by atoms with Gasteiger partial charge in [-0.3, -0.25) is 9.78 Å². The largest absolute Gasteiger partial charge is 0.369 e. The second kappa shape index (κ2) is 4.09. The fourth-order valence-electron chi connectivity index (χ4n) is 2.53. The number of anilines is 1. The maximum absolute atomic E-state index is 11.7. The van der Waals surface area contributed by atoms with Crippen LogP contribution < -0.4 is 17.0 Å². The fraction of sp³-hybridized carbons (Fsp3) is 0.545. The highest BCUT2D eigenvalue weighted by Crippen LogP contribution is 2.30. The van der Waals surface area contributed by atoms with Gasteiger partial charge < -0.3 is 16.5 Å². The molecule has 0 saturated heterocycles. The molecule has 3 rings (SSSR count). The zero-order chi connectivity index (χ0) is 12.7. The van der Waals surface area contributed by atoms with Crippen LogP contribution in [0.3, 0.4) is 0 Å². The van der Waals surface area contributed by atoms with E-state index < -0.39 is 0 Å². The first-order valence-electron chi connectivity index (χ1n) is 6.14. The van der Waals surface area contributed by atoms with Crippen LogP contribution >= 0.6 is 0 Å². The molecule has 96 valence electrons. The number of nitrogen functional groups attached to an aromatic ring is 1. The Morgan fingerprint density at radius 1 is 1.11 bits per heavy atom. The molecule has 0 aliphatic heterocycles. The monoisotopic (exact) mass is 248 g/mol. The lowest BCUT2D eigenvalue weighted by molar-refractivity contribution is 0.386. The second-order valence-electron chi connectivity index (χ2n) is 4.88. The zero-order valence-electron chi connectivity index (χ0n) is 9.94. The van der Waals surface area contributed by atoms with Gasteiger partial charge in [0, 0.05) is 12.0 Å². The van der Waals surface area contributed by atoms with Gasteiger partial charge in [0.15, 0.2) is 11.2 Å². The van der Waals surface area contributed by atoms with E-state index in [0.29, 0.717) is 23.1 Å². The van der Waals surface area contributed by atoms with Crippen molar-refractivity contribution in [2.75, 3.05) is 5.73 Å². The molecule has 2 heterocycles. The van der Waals surface area contributed by atoms with Crippen LogP contribution in [0, 0.1) is 0 Å². The van der Waals surface area contributed by atoms with Crippen LogP contribution in [0.5, 0.6) is 0 Å². The van der Waals surface area contributed by atoms with Gasteiger partial charge in [-0.25, -0.2) is 4.98 Å². The molecule has 0 amide bonds. The van der Waals surface area contributed by atoms with E-state index in [9.17, 15) is 4.79 Å². The van der Waals surface area contributed by atoms with Gasteiger partial charge in [-0.05, 0) is 25.7 Å². The molecular weight excluding hydrogens is 232 g/mol. The number of aromatic amines is 2. The minimum Gasteiger partial charge on any atom is -0.369 e. The van der Waals surface area contributed by atoms with Crippen molar-refractivity contribution in [2.24, 2.45) is 5.73 Å². The molecule has 2 aromatic rings. The van der Waals surface area contributed by atoms with Crippen molar-refractivity contribution >= 4 is 17.1 Å². The van der Waals surface area contributed by atoms with Crippen LogP contribution in [0.1, 0.15) is 37.4 Å². The number of hydrogen-bond donors (Lipinski definition) is 4. The summed E-state index contributed by atoms with van der Waals surface area (Å²) in [5.41, 5.74) is 11.9. The quantitative estimate of drug-likeness (QED) is 0.574. The number of nitrogens with one attached hydrogen (secondary N) is 2. The Balaban J connectivity index is 1.98. The van der Waals surface area contributed by atoms with Crippen LogP contribution in [-0.2, 0) is 0 Å². The number of nitrogens with zero attached hydrogens (tertiary/aromatic N) is 2. The first-order valence-corrected chi connectivity index (χ1v) is 6.14. The fourth-order valence-corrected chi connectivity index (χ4v) is 2.53. The van der Waals surface area contributed by atoms with Crippen molar-refractivity contribution in [1.82, 2.24) is 19.9 Å². The second-order valence-corrected chi connectivity index (χ2v) is 4.88. The molecule has 0 bridgehead atoms. The van der Waals surface area contributed by atoms with Gasteiger partial charge >= 0.3 is 0 Å². The number of fused-ring (bicyclic) bond motifs is 1. The number of H-pyrrole nitrogens is 2. The number of hydrogen-bond acceptors (Lipinski definition) is 5. The Labute approximate surface area is 103 Å². The first kappa shape index (κ1) is 11.2. The Bertz CT molecular complexity index is 622. The summed E-state index contributed by atoms with van der Waals surface area (Å²) in [7, 11) is 0. The third-order valence-electron chi connectivity index (χ3n) is 3.56. The maximum Gasteiger partial charge on any atom is 0.278 e. The van der Waals surface area contributed by atoms with Crippen molar-refractivity contribution in [3.63, 3.8) is 0 Å². The summed E-state index contributed by atoms with van der Waals surface area (Å²) >= 11 is 0. The van der Waals surface area contributed by atoms with Crippen LogP contribution in [0.15, 0.2) is 4.79 Å². The van der Waals surface area contributed by atoms with E-state index in [4.69, 9.17) is 11.5 Å². The molecular formula is C11H16N6O. The molecule has 0 atom stereocenters. The van der Waals surface area contributed by atoms with Crippen molar-refractivity contribution in [1.29, 1.82) is 0 Å². The zero-order valence-corrected chi connectivity index (χ0v) is 9.94. The van der Waals surface area contributed by atoms with Crippen LogP contribution in [0.4, 0.5) is 5.95 Å². The minimum atomic E-state index is -0.274. The number of aromatic nitrogens is 4. The van der Waals surface area contributed by atoms with Crippen molar-refractivity contribution < 1.29 is 0 Å². The average Bonchev–Trinajstić information content (AvgIpc) is 2.74. The third-order valence-corrected chi connectivity index (χ3v) is 3.56. The van der Waals surface area contributed by atoms with Crippen molar-refractivity contribution in [3.8, 4) is 0 Å². The van der Waals surface area contributed by atoms with Crippen LogP contribution in [-0.4, -0.2) is 26.0 Å². The molecule has 0 spiro atoms. The summed E-state index contributed by atoms with van der Waals surface area (Å²) in [5.74, 6) is 1.25. The summed E-state index contributed by atoms with van der Waals surface area (Å²) < 4.78 is 0. The summed E-state index contributed by atoms with van der Waals surface area (Å²) in [6.45, 7) is 0. The molecule has 18 heavy (non-hydrogen) atoms. The SMILES string of the molecule is Nc1nc2nc(C3CCC(N)CC3)[nH]c2c(=O)[nH]1. The van der Waals surface area contributed by atoms with Gasteiger partial charge in [-0.1, -0.05) is 0 Å². The van der Waals surface area contributed by atoms with E-state index in [2.05, 4.69) is 19.9 Å². The molecule has 0 aromatic carbocycles. The third kappa shape index (κ3) is 1.86. The molecule has 1 saturated carbocycles. The van der Waals surface area contributed by atoms with Crippen molar-refractivity contribution in [3.05, 3.63) is 16.2 Å². The summed E-state index contributed by atoms with van der Waals surface area (Å²) in [6, 6.07) is 0.294. The molecule has 0 radical (unpaired) electrons. The summed E-state index contributed by atoms with van der Waals surface area (Å²) in [4.78, 5) is 25.6. The molecule has 7 nitrogen and oxygen atoms in total. The van der Waals surface area contributed by atoms with Gasteiger partial charge in [0.25, 0.3) is 5.56 Å². The van der Waals surface area contributed by atoms with Gasteiger partial charge in [-0.2, -0.15) is 4.98 Å². The summed E-state index contributed by atoms with van der Waals surface area (Å²) in [5, 5.41) is 0. The first-order chi connectivity index (χ1) is 8.63. The van der Waals surface area contributed by atoms with E-state index in [1.165, 1.54) is 0 Å². The standard InChI is InChI=1S/C11H16N6O/c12-6-3-1-5(2-4-6)8-14-7-9(15-8)16-11(13)17-10(7)18/h5-6H,1-4,12H2,(H4,13,14,15,16,17,18). The highest BCUT2D eigenvalue weighted by Gasteiger charge is 2.23. The molecule has 1 aliphatic rings. The van der Waals surface area contributed by atoms with E-state index in [1.807, 2.05) is 0 Å². The molecule has 6 N–H and O–H groups in total. The van der Waals surface area contributed by atoms with Gasteiger partial charge in [0.05, 0.1) is 0 Å². The van der Waals surface area contributed by atoms with E-state index in [-0.39, 0.29) is 11.5 Å². The number of imidazole rings is 1. The molecule has 2 aromatic heterocycles. The van der Waals surface area contributed by atoms with E-state index >= 15 is 0 Å². The minimum absolute atomic E-state index is 0.0937. The molecule has 1 aliphatic carbocycles. The van der Waals surface area contributed by atoms with E-state index in [0.717, 1.165) is 31.5 Å². The van der Waals surface area contributed by atoms with Gasteiger partial charge in [0.2, 0.25) is 5.95 Å². The molecule has 1 fully saturated rings.